The molecule has 2 heterocycles. The fourth-order valence-electron chi connectivity index (χ4n) is 3.13. The second-order valence-electron chi connectivity index (χ2n) is 6.75. The Morgan fingerprint density at radius 1 is 1.17 bits per heavy atom. The zero-order chi connectivity index (χ0) is 21.0. The number of carbonyl (C=O) groups is 1. The molecule has 0 radical (unpaired) electrons. The van der Waals surface area contributed by atoms with Gasteiger partial charge in [-0.15, -0.1) is 0 Å². The number of nitro groups is 1. The molecule has 10 heteroatoms. The van der Waals surface area contributed by atoms with Crippen LogP contribution in [0.5, 0.6) is 0 Å². The minimum Gasteiger partial charge on any atom is -0.461 e. The lowest BCUT2D eigenvalue weighted by molar-refractivity contribution is -0.384. The highest BCUT2D eigenvalue weighted by Gasteiger charge is 2.34. The number of rotatable bonds is 5. The van der Waals surface area contributed by atoms with Gasteiger partial charge in [-0.3, -0.25) is 19.8 Å². The number of carbonyl (C=O) groups excluding carboxylic acids is 1. The Hall–Kier alpha value is -3.17. The van der Waals surface area contributed by atoms with Crippen molar-refractivity contribution >= 4 is 17.5 Å². The maximum atomic E-state index is 12.6. The number of aromatic amines is 1. The SMILES string of the molecule is O=C(OCc1ccc([N+](=O)[O-])cc1)C1CCN(c2ccc(C(F)(F)F)c[nH+]2)CC1. The number of hydrogen-bond donors (Lipinski definition) is 0. The second-order valence-corrected chi connectivity index (χ2v) is 6.75. The molecule has 1 N–H and O–H groups in total. The van der Waals surface area contributed by atoms with E-state index >= 15 is 0 Å². The van der Waals surface area contributed by atoms with E-state index in [9.17, 15) is 28.1 Å². The van der Waals surface area contributed by atoms with Gasteiger partial charge in [0.15, 0.2) is 0 Å². The van der Waals surface area contributed by atoms with Gasteiger partial charge in [-0.05, 0) is 36.6 Å². The van der Waals surface area contributed by atoms with Crippen LogP contribution in [0.2, 0.25) is 0 Å². The van der Waals surface area contributed by atoms with Gasteiger partial charge < -0.3 is 4.74 Å². The van der Waals surface area contributed by atoms with Gasteiger partial charge in [0.2, 0.25) is 0 Å². The van der Waals surface area contributed by atoms with E-state index in [1.807, 2.05) is 4.90 Å². The van der Waals surface area contributed by atoms with Crippen LogP contribution in [0.3, 0.4) is 0 Å². The molecule has 1 saturated heterocycles. The second kappa shape index (κ2) is 8.46. The number of esters is 1. The predicted molar refractivity (Wildman–Crippen MR) is 95.8 cm³/mol. The number of nitrogens with one attached hydrogen (secondary N) is 1. The summed E-state index contributed by atoms with van der Waals surface area (Å²) in [5.41, 5.74) is -0.126. The summed E-state index contributed by atoms with van der Waals surface area (Å²) < 4.78 is 43.2. The Labute approximate surface area is 164 Å². The monoisotopic (exact) mass is 410 g/mol. The van der Waals surface area contributed by atoms with Gasteiger partial charge in [-0.1, -0.05) is 0 Å². The Balaban J connectivity index is 1.48. The summed E-state index contributed by atoms with van der Waals surface area (Å²) in [6.45, 7) is 1.06. The molecule has 1 fully saturated rings. The average molecular weight is 410 g/mol. The molecule has 0 atom stereocenters. The molecule has 7 nitrogen and oxygen atoms in total. The standard InChI is InChI=1S/C19H18F3N3O4/c20-19(21,22)15-3-6-17(23-11-15)24-9-7-14(8-10-24)18(26)29-12-13-1-4-16(5-2-13)25(27)28/h1-6,11,14H,7-10,12H2/p+1. The first-order valence-corrected chi connectivity index (χ1v) is 8.98. The van der Waals surface area contributed by atoms with Crippen molar-refractivity contribution in [2.45, 2.75) is 25.6 Å². The van der Waals surface area contributed by atoms with Crippen molar-refractivity contribution in [3.05, 3.63) is 63.8 Å². The highest BCUT2D eigenvalue weighted by Crippen LogP contribution is 2.29. The topological polar surface area (TPSA) is 86.8 Å². The first-order chi connectivity index (χ1) is 13.7. The Bertz CT molecular complexity index is 862. The summed E-state index contributed by atoms with van der Waals surface area (Å²) in [7, 11) is 0. The highest BCUT2D eigenvalue weighted by molar-refractivity contribution is 5.72. The van der Waals surface area contributed by atoms with Crippen molar-refractivity contribution in [1.82, 2.24) is 0 Å². The molecule has 0 aliphatic carbocycles. The van der Waals surface area contributed by atoms with E-state index < -0.39 is 16.7 Å². The minimum atomic E-state index is -4.39. The molecule has 0 spiro atoms. The number of nitrogens with zero attached hydrogens (tertiary/aromatic N) is 2. The summed E-state index contributed by atoms with van der Waals surface area (Å²) in [5, 5.41) is 10.6. The van der Waals surface area contributed by atoms with Crippen LogP contribution in [0, 0.1) is 16.0 Å². The molecule has 2 aromatic rings. The molecule has 29 heavy (non-hydrogen) atoms. The fraction of sp³-hybridized carbons (Fsp3) is 0.368. The van der Waals surface area contributed by atoms with Crippen molar-refractivity contribution in [3.63, 3.8) is 0 Å². The highest BCUT2D eigenvalue weighted by atomic mass is 19.4. The predicted octanol–water partition coefficient (Wildman–Crippen LogP) is 3.39. The van der Waals surface area contributed by atoms with Crippen LogP contribution in [0.15, 0.2) is 42.6 Å². The summed E-state index contributed by atoms with van der Waals surface area (Å²) in [6.07, 6.45) is -2.42. The Morgan fingerprint density at radius 2 is 1.83 bits per heavy atom. The van der Waals surface area contributed by atoms with Gasteiger partial charge in [0.1, 0.15) is 12.8 Å². The molecule has 0 unspecified atom stereocenters. The van der Waals surface area contributed by atoms with Crippen LogP contribution in [0.1, 0.15) is 24.0 Å². The zero-order valence-corrected chi connectivity index (χ0v) is 15.3. The number of non-ortho nitro benzene ring substituents is 1. The van der Waals surface area contributed by atoms with E-state index in [1.165, 1.54) is 30.3 Å². The maximum absolute atomic E-state index is 12.6. The summed E-state index contributed by atoms with van der Waals surface area (Å²) in [4.78, 5) is 26.9. The van der Waals surface area contributed by atoms with Crippen molar-refractivity contribution in [1.29, 1.82) is 0 Å². The van der Waals surface area contributed by atoms with Crippen molar-refractivity contribution in [3.8, 4) is 0 Å². The van der Waals surface area contributed by atoms with Crippen LogP contribution in [0.25, 0.3) is 0 Å². The third kappa shape index (κ3) is 5.21. The minimum absolute atomic E-state index is 0.0315. The zero-order valence-electron chi connectivity index (χ0n) is 15.3. The number of ether oxygens (including phenoxy) is 1. The van der Waals surface area contributed by atoms with Gasteiger partial charge in [0.25, 0.3) is 11.5 Å². The number of aromatic nitrogens is 1. The molecule has 1 aliphatic heterocycles. The average Bonchev–Trinajstić information content (AvgIpc) is 2.72. The van der Waals surface area contributed by atoms with Gasteiger partial charge in [0, 0.05) is 18.2 Å². The Morgan fingerprint density at radius 3 is 2.34 bits per heavy atom. The van der Waals surface area contributed by atoms with Crippen LogP contribution < -0.4 is 9.88 Å². The largest absolute Gasteiger partial charge is 0.461 e. The van der Waals surface area contributed by atoms with Crippen molar-refractivity contribution < 1.29 is 32.6 Å². The molecular formula is C19H19F3N3O4+. The number of pyridine rings is 1. The van der Waals surface area contributed by atoms with Crippen LogP contribution in [-0.2, 0) is 22.3 Å². The number of piperidine rings is 1. The normalized spacial score (nSPS) is 15.2. The van der Waals surface area contributed by atoms with Gasteiger partial charge in [0.05, 0.1) is 29.5 Å². The van der Waals surface area contributed by atoms with E-state index in [0.717, 1.165) is 12.3 Å². The first-order valence-electron chi connectivity index (χ1n) is 8.98. The van der Waals surface area contributed by atoms with E-state index in [-0.39, 0.29) is 24.2 Å². The summed E-state index contributed by atoms with van der Waals surface area (Å²) >= 11 is 0. The summed E-state index contributed by atoms with van der Waals surface area (Å²) in [6, 6.07) is 8.18. The molecule has 0 saturated carbocycles. The summed E-state index contributed by atoms with van der Waals surface area (Å²) in [5.74, 6) is -0.0751. The molecule has 1 aromatic heterocycles. The number of alkyl halides is 3. The molecule has 3 rings (SSSR count). The van der Waals surface area contributed by atoms with Crippen LogP contribution >= 0.6 is 0 Å². The van der Waals surface area contributed by atoms with Gasteiger partial charge in [-0.25, -0.2) is 4.98 Å². The van der Waals surface area contributed by atoms with E-state index in [1.54, 1.807) is 0 Å². The number of H-pyrrole nitrogens is 1. The van der Waals surface area contributed by atoms with Crippen LogP contribution in [0.4, 0.5) is 24.7 Å². The Kier molecular flexibility index (Phi) is 6.00. The molecule has 154 valence electrons. The van der Waals surface area contributed by atoms with E-state index in [4.69, 9.17) is 4.74 Å². The third-order valence-electron chi connectivity index (χ3n) is 4.82. The lowest BCUT2D eigenvalue weighted by Crippen LogP contribution is -2.39. The fourth-order valence-corrected chi connectivity index (χ4v) is 3.13. The number of halogens is 3. The molecular weight excluding hydrogens is 391 g/mol. The van der Waals surface area contributed by atoms with Crippen LogP contribution in [-0.4, -0.2) is 24.0 Å². The number of anilines is 1. The lowest BCUT2D eigenvalue weighted by atomic mass is 9.97. The smallest absolute Gasteiger partial charge is 0.419 e. The van der Waals surface area contributed by atoms with Crippen molar-refractivity contribution in [2.24, 2.45) is 5.92 Å². The first kappa shape index (κ1) is 20.6. The maximum Gasteiger partial charge on any atom is 0.419 e. The molecule has 0 amide bonds. The number of nitro benzene ring substituents is 1. The third-order valence-corrected chi connectivity index (χ3v) is 4.82. The van der Waals surface area contributed by atoms with E-state index in [0.29, 0.717) is 37.3 Å². The van der Waals surface area contributed by atoms with E-state index in [2.05, 4.69) is 4.98 Å². The molecule has 0 bridgehead atoms. The lowest BCUT2D eigenvalue weighted by Gasteiger charge is -2.26. The van der Waals surface area contributed by atoms with Gasteiger partial charge in [-0.2, -0.15) is 13.2 Å². The molecule has 1 aliphatic rings. The number of hydrogen-bond acceptors (Lipinski definition) is 5. The van der Waals surface area contributed by atoms with Gasteiger partial charge >= 0.3 is 12.1 Å². The number of benzene rings is 1. The molecule has 1 aromatic carbocycles. The van der Waals surface area contributed by atoms with Crippen molar-refractivity contribution in [2.75, 3.05) is 18.0 Å². The quantitative estimate of drug-likeness (QED) is 0.428.